The summed E-state index contributed by atoms with van der Waals surface area (Å²) in [5, 5.41) is 2.68. The zero-order chi connectivity index (χ0) is 15.9. The molecule has 0 aliphatic heterocycles. The van der Waals surface area contributed by atoms with E-state index in [9.17, 15) is 14.0 Å². The van der Waals surface area contributed by atoms with Gasteiger partial charge in [-0.3, -0.25) is 4.79 Å². The van der Waals surface area contributed by atoms with Gasteiger partial charge in [-0.05, 0) is 25.8 Å². The molecule has 22 heavy (non-hydrogen) atoms. The SMILES string of the molecule is CCOC(=O)N[C@@H](c1ccccc1F)[C@@H]1CCCCCC1=O. The molecule has 1 aliphatic carbocycles. The Balaban J connectivity index is 2.29. The monoisotopic (exact) mass is 307 g/mol. The van der Waals surface area contributed by atoms with Gasteiger partial charge in [0.15, 0.2) is 0 Å². The Morgan fingerprint density at radius 1 is 1.36 bits per heavy atom. The average molecular weight is 307 g/mol. The van der Waals surface area contributed by atoms with Crippen LogP contribution in [0.1, 0.15) is 50.6 Å². The molecular weight excluding hydrogens is 285 g/mol. The molecule has 1 saturated carbocycles. The highest BCUT2D eigenvalue weighted by Crippen LogP contribution is 2.32. The maximum Gasteiger partial charge on any atom is 0.407 e. The average Bonchev–Trinajstić information content (AvgIpc) is 2.71. The summed E-state index contributed by atoms with van der Waals surface area (Å²) in [6, 6.07) is 5.58. The van der Waals surface area contributed by atoms with E-state index in [2.05, 4.69) is 5.32 Å². The Labute approximate surface area is 130 Å². The zero-order valence-corrected chi connectivity index (χ0v) is 12.8. The Hall–Kier alpha value is -1.91. The lowest BCUT2D eigenvalue weighted by atomic mass is 9.86. The van der Waals surface area contributed by atoms with Crippen molar-refractivity contribution in [2.24, 2.45) is 5.92 Å². The van der Waals surface area contributed by atoms with Crippen molar-refractivity contribution in [3.05, 3.63) is 35.6 Å². The van der Waals surface area contributed by atoms with Gasteiger partial charge in [-0.15, -0.1) is 0 Å². The standard InChI is InChI=1S/C17H22FNO3/c1-2-22-17(21)19-16(12-8-6-7-10-14(12)18)13-9-4-3-5-11-15(13)20/h6-8,10,13,16H,2-5,9,11H2,1H3,(H,19,21)/t13-,16+/m1/s1. The van der Waals surface area contributed by atoms with E-state index in [-0.39, 0.29) is 12.4 Å². The first-order valence-corrected chi connectivity index (χ1v) is 7.84. The van der Waals surface area contributed by atoms with E-state index in [0.717, 1.165) is 19.3 Å². The first-order valence-electron chi connectivity index (χ1n) is 7.84. The van der Waals surface area contributed by atoms with Crippen molar-refractivity contribution in [3.63, 3.8) is 0 Å². The van der Waals surface area contributed by atoms with Gasteiger partial charge in [0.2, 0.25) is 0 Å². The molecule has 0 unspecified atom stereocenters. The van der Waals surface area contributed by atoms with Crippen molar-refractivity contribution in [2.45, 2.75) is 45.1 Å². The smallest absolute Gasteiger partial charge is 0.407 e. The number of alkyl carbamates (subject to hydrolysis) is 1. The lowest BCUT2D eigenvalue weighted by Crippen LogP contribution is -2.37. The van der Waals surface area contributed by atoms with E-state index in [4.69, 9.17) is 4.74 Å². The van der Waals surface area contributed by atoms with Gasteiger partial charge in [-0.25, -0.2) is 9.18 Å². The summed E-state index contributed by atoms with van der Waals surface area (Å²) in [5.74, 6) is -0.729. The molecular formula is C17H22FNO3. The van der Waals surface area contributed by atoms with Crippen LogP contribution in [0.25, 0.3) is 0 Å². The minimum atomic E-state index is -0.675. The van der Waals surface area contributed by atoms with Crippen molar-refractivity contribution in [1.29, 1.82) is 0 Å². The summed E-state index contributed by atoms with van der Waals surface area (Å²) < 4.78 is 19.1. The summed E-state index contributed by atoms with van der Waals surface area (Å²) in [6.07, 6.45) is 3.29. The van der Waals surface area contributed by atoms with Crippen LogP contribution in [-0.4, -0.2) is 18.5 Å². The number of Topliss-reactive ketones (excluding diaryl/α,β-unsaturated/α-hetero) is 1. The van der Waals surface area contributed by atoms with E-state index in [1.165, 1.54) is 6.07 Å². The summed E-state index contributed by atoms with van der Waals surface area (Å²) in [6.45, 7) is 1.93. The predicted molar refractivity (Wildman–Crippen MR) is 80.9 cm³/mol. The molecule has 0 spiro atoms. The van der Waals surface area contributed by atoms with E-state index in [1.54, 1.807) is 25.1 Å². The molecule has 120 valence electrons. The summed E-state index contributed by atoms with van der Waals surface area (Å²) in [5.41, 5.74) is 0.343. The molecule has 1 N–H and O–H groups in total. The largest absolute Gasteiger partial charge is 0.450 e. The number of hydrogen-bond donors (Lipinski definition) is 1. The van der Waals surface area contributed by atoms with Gasteiger partial charge in [0, 0.05) is 17.9 Å². The fourth-order valence-corrected chi connectivity index (χ4v) is 2.96. The highest BCUT2D eigenvalue weighted by Gasteiger charge is 2.33. The van der Waals surface area contributed by atoms with Crippen molar-refractivity contribution < 1.29 is 18.7 Å². The van der Waals surface area contributed by atoms with Crippen LogP contribution in [0, 0.1) is 11.7 Å². The molecule has 1 aliphatic rings. The first-order chi connectivity index (χ1) is 10.6. The molecule has 5 heteroatoms. The fraction of sp³-hybridized carbons (Fsp3) is 0.529. The highest BCUT2D eigenvalue weighted by molar-refractivity contribution is 5.83. The second-order valence-corrected chi connectivity index (χ2v) is 5.54. The van der Waals surface area contributed by atoms with Crippen LogP contribution in [0.5, 0.6) is 0 Å². The van der Waals surface area contributed by atoms with E-state index < -0.39 is 23.9 Å². The Morgan fingerprint density at radius 3 is 2.86 bits per heavy atom. The van der Waals surface area contributed by atoms with Crippen molar-refractivity contribution >= 4 is 11.9 Å². The topological polar surface area (TPSA) is 55.4 Å². The van der Waals surface area contributed by atoms with Crippen LogP contribution in [0.3, 0.4) is 0 Å². The number of benzene rings is 1. The number of ketones is 1. The second-order valence-electron chi connectivity index (χ2n) is 5.54. The van der Waals surface area contributed by atoms with Crippen LogP contribution >= 0.6 is 0 Å². The van der Waals surface area contributed by atoms with Crippen LogP contribution in [0.4, 0.5) is 9.18 Å². The third kappa shape index (κ3) is 4.06. The predicted octanol–water partition coefficient (Wildman–Crippen LogP) is 3.76. The van der Waals surface area contributed by atoms with Gasteiger partial charge in [0.05, 0.1) is 12.6 Å². The molecule has 1 aromatic rings. The minimum Gasteiger partial charge on any atom is -0.450 e. The van der Waals surface area contributed by atoms with Gasteiger partial charge in [0.25, 0.3) is 0 Å². The number of hydrogen-bond acceptors (Lipinski definition) is 3. The van der Waals surface area contributed by atoms with Gasteiger partial charge in [0.1, 0.15) is 11.6 Å². The Bertz CT molecular complexity index is 532. The number of nitrogens with one attached hydrogen (secondary N) is 1. The van der Waals surface area contributed by atoms with Gasteiger partial charge in [-0.2, -0.15) is 0 Å². The molecule has 2 rings (SSSR count). The van der Waals surface area contributed by atoms with Crippen molar-refractivity contribution in [3.8, 4) is 0 Å². The molecule has 0 saturated heterocycles. The molecule has 0 heterocycles. The first kappa shape index (κ1) is 16.5. The third-order valence-corrected chi connectivity index (χ3v) is 4.04. The zero-order valence-electron chi connectivity index (χ0n) is 12.8. The van der Waals surface area contributed by atoms with Crippen molar-refractivity contribution in [1.82, 2.24) is 5.32 Å². The quantitative estimate of drug-likeness (QED) is 0.862. The van der Waals surface area contributed by atoms with E-state index in [1.807, 2.05) is 0 Å². The number of carbonyl (C=O) groups excluding carboxylic acids is 2. The summed E-state index contributed by atoms with van der Waals surface area (Å²) in [4.78, 5) is 24.2. The van der Waals surface area contributed by atoms with Crippen LogP contribution in [0.15, 0.2) is 24.3 Å². The van der Waals surface area contributed by atoms with E-state index in [0.29, 0.717) is 18.4 Å². The summed E-state index contributed by atoms with van der Waals surface area (Å²) >= 11 is 0. The van der Waals surface area contributed by atoms with Crippen molar-refractivity contribution in [2.75, 3.05) is 6.61 Å². The lowest BCUT2D eigenvalue weighted by molar-refractivity contribution is -0.123. The molecule has 2 atom stereocenters. The maximum absolute atomic E-state index is 14.2. The lowest BCUT2D eigenvalue weighted by Gasteiger charge is -2.26. The number of carbonyl (C=O) groups is 2. The molecule has 0 bridgehead atoms. The van der Waals surface area contributed by atoms with Gasteiger partial charge < -0.3 is 10.1 Å². The maximum atomic E-state index is 14.2. The third-order valence-electron chi connectivity index (χ3n) is 4.04. The van der Waals surface area contributed by atoms with Crippen LogP contribution in [-0.2, 0) is 9.53 Å². The molecule has 0 radical (unpaired) electrons. The summed E-state index contributed by atoms with van der Waals surface area (Å²) in [7, 11) is 0. The molecule has 4 nitrogen and oxygen atoms in total. The van der Waals surface area contributed by atoms with Gasteiger partial charge in [-0.1, -0.05) is 31.0 Å². The minimum absolute atomic E-state index is 0.0857. The number of halogens is 1. The van der Waals surface area contributed by atoms with Crippen LogP contribution < -0.4 is 5.32 Å². The normalized spacial score (nSPS) is 20.1. The molecule has 0 aromatic heterocycles. The Morgan fingerprint density at radius 2 is 2.14 bits per heavy atom. The molecule has 1 fully saturated rings. The molecule has 1 amide bonds. The number of ether oxygens (including phenoxy) is 1. The fourth-order valence-electron chi connectivity index (χ4n) is 2.96. The number of amides is 1. The Kier molecular flexibility index (Phi) is 5.92. The van der Waals surface area contributed by atoms with Gasteiger partial charge >= 0.3 is 6.09 Å². The van der Waals surface area contributed by atoms with Crippen LogP contribution in [0.2, 0.25) is 0 Å². The van der Waals surface area contributed by atoms with E-state index >= 15 is 0 Å². The number of rotatable bonds is 4. The highest BCUT2D eigenvalue weighted by atomic mass is 19.1. The second kappa shape index (κ2) is 7.92. The molecule has 1 aromatic carbocycles.